The zero-order valence-electron chi connectivity index (χ0n) is 13.9. The van der Waals surface area contributed by atoms with E-state index in [1.807, 2.05) is 11.8 Å². The molecule has 6 heteroatoms. The molecule has 1 saturated carbocycles. The van der Waals surface area contributed by atoms with Crippen LogP contribution in [-0.4, -0.2) is 47.3 Å². The third-order valence-electron chi connectivity index (χ3n) is 4.66. The quantitative estimate of drug-likeness (QED) is 0.349. The Hall–Kier alpha value is 0.310. The molecule has 1 heterocycles. The number of rotatable bonds is 5. The largest absolute Gasteiger partial charge is 0.387 e. The predicted molar refractivity (Wildman–Crippen MR) is 107 cm³/mol. The van der Waals surface area contributed by atoms with E-state index >= 15 is 0 Å². The van der Waals surface area contributed by atoms with E-state index < -0.39 is 5.60 Å². The summed E-state index contributed by atoms with van der Waals surface area (Å²) < 4.78 is 0. The van der Waals surface area contributed by atoms with Crippen LogP contribution in [0.15, 0.2) is 4.99 Å². The normalized spacial score (nSPS) is 32.4. The van der Waals surface area contributed by atoms with Crippen molar-refractivity contribution in [3.8, 4) is 0 Å². The highest BCUT2D eigenvalue weighted by atomic mass is 127. The SMILES string of the molecule is CCNC(=NCC1(O)CCSC1)NC1CCCC(CC)C1.I. The minimum atomic E-state index is -0.592. The van der Waals surface area contributed by atoms with Crippen LogP contribution in [0.1, 0.15) is 52.4 Å². The second kappa shape index (κ2) is 10.2. The van der Waals surface area contributed by atoms with Gasteiger partial charge in [0, 0.05) is 18.3 Å². The lowest BCUT2D eigenvalue weighted by molar-refractivity contribution is 0.0778. The number of nitrogens with one attached hydrogen (secondary N) is 2. The molecule has 3 unspecified atom stereocenters. The summed E-state index contributed by atoms with van der Waals surface area (Å²) in [6.07, 6.45) is 7.32. The number of hydrogen-bond acceptors (Lipinski definition) is 3. The Balaban J connectivity index is 0.00000242. The van der Waals surface area contributed by atoms with Crippen molar-refractivity contribution in [3.63, 3.8) is 0 Å². The summed E-state index contributed by atoms with van der Waals surface area (Å²) in [5.41, 5.74) is -0.592. The van der Waals surface area contributed by atoms with Gasteiger partial charge in [0.15, 0.2) is 5.96 Å². The molecule has 2 aliphatic rings. The van der Waals surface area contributed by atoms with E-state index in [0.29, 0.717) is 12.6 Å². The van der Waals surface area contributed by atoms with Gasteiger partial charge in [-0.15, -0.1) is 24.0 Å². The van der Waals surface area contributed by atoms with Crippen LogP contribution in [0.25, 0.3) is 0 Å². The number of thioether (sulfide) groups is 1. The van der Waals surface area contributed by atoms with Gasteiger partial charge in [-0.05, 0) is 37.9 Å². The van der Waals surface area contributed by atoms with Crippen LogP contribution < -0.4 is 10.6 Å². The Kier molecular flexibility index (Phi) is 9.47. The summed E-state index contributed by atoms with van der Waals surface area (Å²) >= 11 is 1.82. The molecule has 1 aliphatic carbocycles. The summed E-state index contributed by atoms with van der Waals surface area (Å²) in [4.78, 5) is 4.64. The molecule has 1 saturated heterocycles. The van der Waals surface area contributed by atoms with E-state index in [4.69, 9.17) is 0 Å². The minimum Gasteiger partial charge on any atom is -0.387 e. The fourth-order valence-corrected chi connectivity index (χ4v) is 4.54. The van der Waals surface area contributed by atoms with E-state index in [2.05, 4.69) is 29.5 Å². The Bertz CT molecular complexity index is 348. The van der Waals surface area contributed by atoms with Crippen LogP contribution in [0.3, 0.4) is 0 Å². The van der Waals surface area contributed by atoms with E-state index in [1.165, 1.54) is 32.1 Å². The predicted octanol–water partition coefficient (Wildman–Crippen LogP) is 3.00. The molecule has 0 amide bonds. The Morgan fingerprint density at radius 2 is 2.18 bits per heavy atom. The third-order valence-corrected chi connectivity index (χ3v) is 5.89. The maximum Gasteiger partial charge on any atom is 0.191 e. The van der Waals surface area contributed by atoms with Crippen LogP contribution in [0.5, 0.6) is 0 Å². The fourth-order valence-electron chi connectivity index (χ4n) is 3.25. The molecule has 0 aromatic heterocycles. The van der Waals surface area contributed by atoms with Crippen molar-refractivity contribution in [2.75, 3.05) is 24.6 Å². The van der Waals surface area contributed by atoms with E-state index in [0.717, 1.165) is 36.3 Å². The second-order valence-corrected chi connectivity index (χ2v) is 7.61. The van der Waals surface area contributed by atoms with Crippen LogP contribution in [0, 0.1) is 5.92 Å². The molecule has 1 aliphatic heterocycles. The number of halogens is 1. The molecular weight excluding hydrogens is 409 g/mol. The lowest BCUT2D eigenvalue weighted by atomic mass is 9.84. The van der Waals surface area contributed by atoms with E-state index in [-0.39, 0.29) is 24.0 Å². The van der Waals surface area contributed by atoms with Gasteiger partial charge in [0.2, 0.25) is 0 Å². The van der Waals surface area contributed by atoms with Crippen LogP contribution in [-0.2, 0) is 0 Å². The Morgan fingerprint density at radius 1 is 1.36 bits per heavy atom. The van der Waals surface area contributed by atoms with E-state index in [1.54, 1.807) is 0 Å². The van der Waals surface area contributed by atoms with Gasteiger partial charge in [-0.25, -0.2) is 0 Å². The lowest BCUT2D eigenvalue weighted by Crippen LogP contribution is -2.46. The molecule has 0 spiro atoms. The number of aliphatic hydroxyl groups is 1. The van der Waals surface area contributed by atoms with Crippen molar-refractivity contribution in [3.05, 3.63) is 0 Å². The zero-order chi connectivity index (χ0) is 15.1. The van der Waals surface area contributed by atoms with Gasteiger partial charge in [-0.3, -0.25) is 4.99 Å². The highest BCUT2D eigenvalue weighted by Gasteiger charge is 2.31. The molecule has 2 rings (SSSR count). The van der Waals surface area contributed by atoms with Gasteiger partial charge < -0.3 is 15.7 Å². The third kappa shape index (κ3) is 6.43. The summed E-state index contributed by atoms with van der Waals surface area (Å²) in [5.74, 6) is 3.60. The lowest BCUT2D eigenvalue weighted by Gasteiger charge is -2.30. The molecule has 22 heavy (non-hydrogen) atoms. The first kappa shape index (κ1) is 20.4. The maximum atomic E-state index is 10.4. The van der Waals surface area contributed by atoms with Crippen molar-refractivity contribution in [2.24, 2.45) is 10.9 Å². The van der Waals surface area contributed by atoms with Crippen molar-refractivity contribution in [2.45, 2.75) is 64.0 Å². The summed E-state index contributed by atoms with van der Waals surface area (Å²) in [6.45, 7) is 5.76. The number of hydrogen-bond donors (Lipinski definition) is 3. The summed E-state index contributed by atoms with van der Waals surface area (Å²) in [7, 11) is 0. The molecule has 0 aromatic rings. The van der Waals surface area contributed by atoms with Gasteiger partial charge in [0.1, 0.15) is 0 Å². The van der Waals surface area contributed by atoms with Gasteiger partial charge in [-0.1, -0.05) is 26.2 Å². The highest BCUT2D eigenvalue weighted by Crippen LogP contribution is 2.28. The van der Waals surface area contributed by atoms with Crippen LogP contribution in [0.2, 0.25) is 0 Å². The molecule has 3 N–H and O–H groups in total. The topological polar surface area (TPSA) is 56.7 Å². The smallest absolute Gasteiger partial charge is 0.191 e. The van der Waals surface area contributed by atoms with Crippen molar-refractivity contribution >= 4 is 41.7 Å². The van der Waals surface area contributed by atoms with Gasteiger partial charge in [0.25, 0.3) is 0 Å². The molecule has 0 radical (unpaired) electrons. The van der Waals surface area contributed by atoms with Crippen molar-refractivity contribution < 1.29 is 5.11 Å². The standard InChI is InChI=1S/C16H31N3OS.HI/c1-3-13-6-5-7-14(10-13)19-15(17-4-2)18-11-16(20)8-9-21-12-16;/h13-14,20H,3-12H2,1-2H3,(H2,17,18,19);1H. The van der Waals surface area contributed by atoms with Gasteiger partial charge in [0.05, 0.1) is 12.1 Å². The average Bonchev–Trinajstić information content (AvgIpc) is 2.93. The highest BCUT2D eigenvalue weighted by molar-refractivity contribution is 14.0. The average molecular weight is 441 g/mol. The Morgan fingerprint density at radius 3 is 2.82 bits per heavy atom. The molecule has 0 aromatic carbocycles. The molecule has 130 valence electrons. The first-order chi connectivity index (χ1) is 10.1. The van der Waals surface area contributed by atoms with E-state index in [9.17, 15) is 5.11 Å². The molecular formula is C16H32IN3OS. The molecule has 2 fully saturated rings. The second-order valence-electron chi connectivity index (χ2n) is 6.50. The zero-order valence-corrected chi connectivity index (χ0v) is 17.1. The van der Waals surface area contributed by atoms with Gasteiger partial charge in [-0.2, -0.15) is 11.8 Å². The molecule has 4 nitrogen and oxygen atoms in total. The number of guanidine groups is 1. The maximum absolute atomic E-state index is 10.4. The molecule has 0 bridgehead atoms. The monoisotopic (exact) mass is 441 g/mol. The number of aliphatic imine (C=N–C) groups is 1. The summed E-state index contributed by atoms with van der Waals surface area (Å²) in [5, 5.41) is 17.3. The first-order valence-corrected chi connectivity index (χ1v) is 9.65. The fraction of sp³-hybridized carbons (Fsp3) is 0.938. The number of nitrogens with zero attached hydrogens (tertiary/aromatic N) is 1. The summed E-state index contributed by atoms with van der Waals surface area (Å²) in [6, 6.07) is 0.536. The van der Waals surface area contributed by atoms with Gasteiger partial charge >= 0.3 is 0 Å². The molecule has 3 atom stereocenters. The minimum absolute atomic E-state index is 0. The van der Waals surface area contributed by atoms with Crippen LogP contribution >= 0.6 is 35.7 Å². The first-order valence-electron chi connectivity index (χ1n) is 8.50. The Labute approximate surface area is 156 Å². The van der Waals surface area contributed by atoms with Crippen molar-refractivity contribution in [1.82, 2.24) is 10.6 Å². The van der Waals surface area contributed by atoms with Crippen molar-refractivity contribution in [1.29, 1.82) is 0 Å². The van der Waals surface area contributed by atoms with Crippen LogP contribution in [0.4, 0.5) is 0 Å².